The van der Waals surface area contributed by atoms with Gasteiger partial charge in [0.25, 0.3) is 0 Å². The summed E-state index contributed by atoms with van der Waals surface area (Å²) in [4.78, 5) is 22.6. The number of esters is 1. The Kier molecular flexibility index (Phi) is 3.55. The zero-order valence-corrected chi connectivity index (χ0v) is 11.2. The van der Waals surface area contributed by atoms with Crippen LogP contribution in [0.4, 0.5) is 10.5 Å². The maximum atomic E-state index is 11.8. The normalized spacial score (nSPS) is 13.8. The van der Waals surface area contributed by atoms with Crippen molar-refractivity contribution in [1.29, 1.82) is 0 Å². The summed E-state index contributed by atoms with van der Waals surface area (Å²) in [5.41, 5.74) is 4.64. The minimum absolute atomic E-state index is 0.109. The third-order valence-corrected chi connectivity index (χ3v) is 3.12. The molecule has 2 rings (SSSR count). The van der Waals surface area contributed by atoms with Crippen LogP contribution in [-0.4, -0.2) is 18.6 Å². The van der Waals surface area contributed by atoms with Gasteiger partial charge in [-0.15, -0.1) is 0 Å². The highest BCUT2D eigenvalue weighted by atomic mass is 16.5. The van der Waals surface area contributed by atoms with Crippen LogP contribution in [0.2, 0.25) is 0 Å². The Balaban J connectivity index is 2.03. The van der Waals surface area contributed by atoms with Crippen molar-refractivity contribution < 1.29 is 14.3 Å². The van der Waals surface area contributed by atoms with Crippen LogP contribution >= 0.6 is 0 Å². The third-order valence-electron chi connectivity index (χ3n) is 3.12. The van der Waals surface area contributed by atoms with E-state index in [-0.39, 0.29) is 12.6 Å². The molecule has 2 N–H and O–H groups in total. The van der Waals surface area contributed by atoms with Crippen molar-refractivity contribution in [2.75, 3.05) is 11.9 Å². The number of hydrogen-bond acceptors (Lipinski definition) is 3. The van der Waals surface area contributed by atoms with Gasteiger partial charge in [-0.1, -0.05) is 0 Å². The van der Waals surface area contributed by atoms with E-state index in [1.807, 2.05) is 32.9 Å². The SMILES string of the molecule is Cc1cc(NC(=O)NC2=CC(=O)OC2)cc(C)c1C. The van der Waals surface area contributed by atoms with Crippen LogP contribution in [0.15, 0.2) is 23.9 Å². The van der Waals surface area contributed by atoms with E-state index in [0.717, 1.165) is 16.8 Å². The van der Waals surface area contributed by atoms with Gasteiger partial charge >= 0.3 is 12.0 Å². The molecule has 1 aliphatic rings. The van der Waals surface area contributed by atoms with E-state index in [9.17, 15) is 9.59 Å². The number of aryl methyl sites for hydroxylation is 2. The fourth-order valence-corrected chi connectivity index (χ4v) is 1.86. The minimum Gasteiger partial charge on any atom is -0.456 e. The molecule has 0 aromatic heterocycles. The first-order chi connectivity index (χ1) is 8.95. The number of nitrogens with one attached hydrogen (secondary N) is 2. The number of ether oxygens (including phenoxy) is 1. The molecular weight excluding hydrogens is 244 g/mol. The van der Waals surface area contributed by atoms with Gasteiger partial charge in [-0.3, -0.25) is 0 Å². The minimum atomic E-state index is -0.433. The van der Waals surface area contributed by atoms with Crippen LogP contribution in [0.5, 0.6) is 0 Å². The molecule has 0 spiro atoms. The van der Waals surface area contributed by atoms with Crippen molar-refractivity contribution in [2.45, 2.75) is 20.8 Å². The highest BCUT2D eigenvalue weighted by molar-refractivity contribution is 5.93. The van der Waals surface area contributed by atoms with Crippen molar-refractivity contribution in [3.8, 4) is 0 Å². The standard InChI is InChI=1S/C14H16N2O3/c1-8-4-11(5-9(2)10(8)3)15-14(18)16-12-6-13(17)19-7-12/h4-6H,7H2,1-3H3,(H2,15,16,18). The van der Waals surface area contributed by atoms with Crippen LogP contribution in [0, 0.1) is 20.8 Å². The number of cyclic esters (lactones) is 1. The number of carbonyl (C=O) groups is 2. The van der Waals surface area contributed by atoms with Gasteiger partial charge < -0.3 is 15.4 Å². The zero-order chi connectivity index (χ0) is 14.0. The number of anilines is 1. The molecule has 0 fully saturated rings. The van der Waals surface area contributed by atoms with E-state index in [2.05, 4.69) is 10.6 Å². The van der Waals surface area contributed by atoms with E-state index in [1.54, 1.807) is 0 Å². The average Bonchev–Trinajstić information content (AvgIpc) is 2.71. The molecule has 0 aliphatic carbocycles. The molecule has 1 heterocycles. The number of benzene rings is 1. The largest absolute Gasteiger partial charge is 0.456 e. The summed E-state index contributed by atoms with van der Waals surface area (Å²) in [7, 11) is 0. The van der Waals surface area contributed by atoms with Gasteiger partial charge in [-0.05, 0) is 49.6 Å². The lowest BCUT2D eigenvalue weighted by atomic mass is 10.0. The molecule has 1 aliphatic heterocycles. The van der Waals surface area contributed by atoms with Crippen LogP contribution in [-0.2, 0) is 9.53 Å². The lowest BCUT2D eigenvalue weighted by molar-refractivity contribution is -0.134. The molecule has 0 saturated carbocycles. The molecule has 19 heavy (non-hydrogen) atoms. The summed E-state index contributed by atoms with van der Waals surface area (Å²) >= 11 is 0. The summed E-state index contributed by atoms with van der Waals surface area (Å²) in [5.74, 6) is -0.433. The molecule has 0 unspecified atom stereocenters. The molecule has 0 atom stereocenters. The van der Waals surface area contributed by atoms with E-state index in [1.165, 1.54) is 11.6 Å². The van der Waals surface area contributed by atoms with Crippen molar-refractivity contribution in [2.24, 2.45) is 0 Å². The summed E-state index contributed by atoms with van der Waals surface area (Å²) in [6.07, 6.45) is 1.27. The molecule has 0 saturated heterocycles. The number of carbonyl (C=O) groups excluding carboxylic acids is 2. The Labute approximate surface area is 111 Å². The summed E-state index contributed by atoms with van der Waals surface area (Å²) in [6, 6.07) is 3.44. The molecule has 0 bridgehead atoms. The lowest BCUT2D eigenvalue weighted by Crippen LogP contribution is -2.28. The fraction of sp³-hybridized carbons (Fsp3) is 0.286. The van der Waals surface area contributed by atoms with Crippen LogP contribution in [0.1, 0.15) is 16.7 Å². The van der Waals surface area contributed by atoms with Gasteiger partial charge in [0.15, 0.2) is 0 Å². The maximum absolute atomic E-state index is 11.8. The summed E-state index contributed by atoms with van der Waals surface area (Å²) in [6.45, 7) is 6.15. The van der Waals surface area contributed by atoms with E-state index in [0.29, 0.717) is 5.70 Å². The predicted molar refractivity (Wildman–Crippen MR) is 71.8 cm³/mol. The first kappa shape index (κ1) is 13.1. The van der Waals surface area contributed by atoms with Crippen LogP contribution in [0.3, 0.4) is 0 Å². The molecule has 2 amide bonds. The quantitative estimate of drug-likeness (QED) is 0.801. The monoisotopic (exact) mass is 260 g/mol. The first-order valence-electron chi connectivity index (χ1n) is 5.99. The van der Waals surface area contributed by atoms with E-state index in [4.69, 9.17) is 4.74 Å². The molecule has 1 aromatic rings. The van der Waals surface area contributed by atoms with Crippen LogP contribution in [0.25, 0.3) is 0 Å². The molecule has 5 nitrogen and oxygen atoms in total. The number of rotatable bonds is 2. The van der Waals surface area contributed by atoms with E-state index >= 15 is 0 Å². The number of hydrogen-bond donors (Lipinski definition) is 2. The van der Waals surface area contributed by atoms with Crippen molar-refractivity contribution in [3.05, 3.63) is 40.6 Å². The number of amides is 2. The predicted octanol–water partition coefficient (Wildman–Crippen LogP) is 2.17. The summed E-state index contributed by atoms with van der Waals surface area (Å²) < 4.78 is 4.70. The van der Waals surface area contributed by atoms with Gasteiger partial charge in [0.1, 0.15) is 6.61 Å². The lowest BCUT2D eigenvalue weighted by Gasteiger charge is -2.11. The van der Waals surface area contributed by atoms with E-state index < -0.39 is 5.97 Å². The highest BCUT2D eigenvalue weighted by Gasteiger charge is 2.15. The fourth-order valence-electron chi connectivity index (χ4n) is 1.86. The second-order valence-corrected chi connectivity index (χ2v) is 4.59. The zero-order valence-electron chi connectivity index (χ0n) is 11.2. The topological polar surface area (TPSA) is 67.4 Å². The van der Waals surface area contributed by atoms with Crippen molar-refractivity contribution in [3.63, 3.8) is 0 Å². The highest BCUT2D eigenvalue weighted by Crippen LogP contribution is 2.19. The van der Waals surface area contributed by atoms with Crippen LogP contribution < -0.4 is 10.6 Å². The smallest absolute Gasteiger partial charge is 0.333 e. The van der Waals surface area contributed by atoms with Gasteiger partial charge in [-0.25, -0.2) is 9.59 Å². The van der Waals surface area contributed by atoms with Gasteiger partial charge in [0, 0.05) is 11.8 Å². The second kappa shape index (κ2) is 5.14. The Morgan fingerprint density at radius 2 is 1.79 bits per heavy atom. The third kappa shape index (κ3) is 3.13. The molecule has 100 valence electrons. The van der Waals surface area contributed by atoms with Crippen molar-refractivity contribution >= 4 is 17.7 Å². The summed E-state index contributed by atoms with van der Waals surface area (Å²) in [5, 5.41) is 5.31. The second-order valence-electron chi connectivity index (χ2n) is 4.59. The van der Waals surface area contributed by atoms with Gasteiger partial charge in [-0.2, -0.15) is 0 Å². The van der Waals surface area contributed by atoms with Crippen molar-refractivity contribution in [1.82, 2.24) is 5.32 Å². The van der Waals surface area contributed by atoms with Gasteiger partial charge in [0.2, 0.25) is 0 Å². The Morgan fingerprint density at radius 1 is 1.16 bits per heavy atom. The average molecular weight is 260 g/mol. The number of urea groups is 1. The molecule has 5 heteroatoms. The Hall–Kier alpha value is -2.30. The molecular formula is C14H16N2O3. The molecule has 1 aromatic carbocycles. The Morgan fingerprint density at radius 3 is 2.32 bits per heavy atom. The Bertz CT molecular complexity index is 553. The molecule has 0 radical (unpaired) electrons. The first-order valence-corrected chi connectivity index (χ1v) is 5.99. The van der Waals surface area contributed by atoms with Gasteiger partial charge in [0.05, 0.1) is 5.70 Å². The maximum Gasteiger partial charge on any atom is 0.333 e.